The molecule has 1 aliphatic rings. The van der Waals surface area contributed by atoms with Gasteiger partial charge in [-0.15, -0.1) is 0 Å². The molecule has 1 aliphatic carbocycles. The Morgan fingerprint density at radius 3 is 3.00 bits per heavy atom. The van der Waals surface area contributed by atoms with Gasteiger partial charge in [0.2, 0.25) is 0 Å². The third-order valence-electron chi connectivity index (χ3n) is 3.28. The van der Waals surface area contributed by atoms with Crippen LogP contribution < -0.4 is 0 Å². The lowest BCUT2D eigenvalue weighted by Gasteiger charge is -2.03. The third-order valence-corrected chi connectivity index (χ3v) is 3.28. The van der Waals surface area contributed by atoms with Gasteiger partial charge >= 0.3 is 0 Å². The van der Waals surface area contributed by atoms with Crippen LogP contribution in [0.1, 0.15) is 18.4 Å². The van der Waals surface area contributed by atoms with Crippen molar-refractivity contribution in [2.24, 2.45) is 7.05 Å². The molecule has 3 heteroatoms. The van der Waals surface area contributed by atoms with Crippen LogP contribution in [0, 0.1) is 0 Å². The van der Waals surface area contributed by atoms with E-state index in [0.717, 1.165) is 35.7 Å². The first kappa shape index (κ1) is 8.65. The number of hydrogen-bond acceptors (Lipinski definition) is 2. The molecule has 2 heterocycles. The van der Waals surface area contributed by atoms with E-state index in [4.69, 9.17) is 0 Å². The molecule has 76 valence electrons. The predicted octanol–water partition coefficient (Wildman–Crippen LogP) is 1.80. The SMILES string of the molecule is Cn1cc(C2(C=O)CC2)c2cccnc21. The smallest absolute Gasteiger partial charge is 0.139 e. The van der Waals surface area contributed by atoms with Crippen LogP contribution in [0.2, 0.25) is 0 Å². The van der Waals surface area contributed by atoms with E-state index in [1.54, 1.807) is 6.20 Å². The van der Waals surface area contributed by atoms with E-state index in [-0.39, 0.29) is 5.41 Å². The average Bonchev–Trinajstić information content (AvgIpc) is 3.00. The van der Waals surface area contributed by atoms with Gasteiger partial charge in [0.05, 0.1) is 5.41 Å². The fourth-order valence-electron chi connectivity index (χ4n) is 2.19. The molecule has 0 N–H and O–H groups in total. The van der Waals surface area contributed by atoms with E-state index in [9.17, 15) is 4.79 Å². The lowest BCUT2D eigenvalue weighted by Crippen LogP contribution is -2.06. The molecule has 0 aliphatic heterocycles. The summed E-state index contributed by atoms with van der Waals surface area (Å²) in [4.78, 5) is 15.4. The van der Waals surface area contributed by atoms with Gasteiger partial charge in [-0.3, -0.25) is 0 Å². The first-order valence-corrected chi connectivity index (χ1v) is 5.14. The minimum absolute atomic E-state index is 0.206. The van der Waals surface area contributed by atoms with Crippen LogP contribution in [-0.4, -0.2) is 15.8 Å². The van der Waals surface area contributed by atoms with Gasteiger partial charge in [-0.2, -0.15) is 0 Å². The van der Waals surface area contributed by atoms with Crippen molar-refractivity contribution in [3.8, 4) is 0 Å². The van der Waals surface area contributed by atoms with Crippen LogP contribution in [-0.2, 0) is 17.3 Å². The van der Waals surface area contributed by atoms with Crippen molar-refractivity contribution in [3.63, 3.8) is 0 Å². The number of hydrogen-bond donors (Lipinski definition) is 0. The standard InChI is InChI=1S/C12H12N2O/c1-14-7-10(12(8-15)4-5-12)9-3-2-6-13-11(9)14/h2-3,6-8H,4-5H2,1H3. The minimum Gasteiger partial charge on any atom is -0.335 e. The fraction of sp³-hybridized carbons (Fsp3) is 0.333. The van der Waals surface area contributed by atoms with Crippen LogP contribution in [0.15, 0.2) is 24.5 Å². The topological polar surface area (TPSA) is 34.9 Å². The molecule has 2 aromatic rings. The molecule has 0 radical (unpaired) electrons. The first-order valence-electron chi connectivity index (χ1n) is 5.14. The number of pyridine rings is 1. The fourth-order valence-corrected chi connectivity index (χ4v) is 2.19. The van der Waals surface area contributed by atoms with Gasteiger partial charge in [0.25, 0.3) is 0 Å². The quantitative estimate of drug-likeness (QED) is 0.693. The molecule has 0 atom stereocenters. The second-order valence-electron chi connectivity index (χ2n) is 4.30. The summed E-state index contributed by atoms with van der Waals surface area (Å²) < 4.78 is 1.99. The van der Waals surface area contributed by atoms with E-state index in [1.165, 1.54) is 0 Å². The highest BCUT2D eigenvalue weighted by Gasteiger charge is 2.46. The molecule has 0 bridgehead atoms. The summed E-state index contributed by atoms with van der Waals surface area (Å²) in [6, 6.07) is 3.97. The van der Waals surface area contributed by atoms with Crippen molar-refractivity contribution in [3.05, 3.63) is 30.1 Å². The van der Waals surface area contributed by atoms with E-state index in [2.05, 4.69) is 4.98 Å². The van der Waals surface area contributed by atoms with Crippen molar-refractivity contribution in [1.29, 1.82) is 0 Å². The van der Waals surface area contributed by atoms with E-state index >= 15 is 0 Å². The Morgan fingerprint density at radius 2 is 2.33 bits per heavy atom. The zero-order chi connectivity index (χ0) is 10.5. The largest absolute Gasteiger partial charge is 0.335 e. The minimum atomic E-state index is -0.206. The highest BCUT2D eigenvalue weighted by molar-refractivity contribution is 5.88. The first-order chi connectivity index (χ1) is 7.27. The Bertz CT molecular complexity index is 538. The lowest BCUT2D eigenvalue weighted by atomic mass is 9.98. The average molecular weight is 200 g/mol. The zero-order valence-electron chi connectivity index (χ0n) is 8.60. The Balaban J connectivity index is 2.32. The van der Waals surface area contributed by atoms with E-state index in [0.29, 0.717) is 0 Å². The maximum absolute atomic E-state index is 11.1. The molecule has 1 fully saturated rings. The molecule has 0 aromatic carbocycles. The summed E-state index contributed by atoms with van der Waals surface area (Å²) in [5, 5.41) is 1.12. The molecule has 3 nitrogen and oxygen atoms in total. The van der Waals surface area contributed by atoms with Crippen molar-refractivity contribution < 1.29 is 4.79 Å². The van der Waals surface area contributed by atoms with E-state index in [1.807, 2.05) is 29.9 Å². The van der Waals surface area contributed by atoms with Gasteiger partial charge in [-0.05, 0) is 30.5 Å². The van der Waals surface area contributed by atoms with Crippen molar-refractivity contribution in [2.45, 2.75) is 18.3 Å². The molecule has 0 amide bonds. The highest BCUT2D eigenvalue weighted by Crippen LogP contribution is 2.48. The molecule has 0 saturated heterocycles. The predicted molar refractivity (Wildman–Crippen MR) is 57.7 cm³/mol. The summed E-state index contributed by atoms with van der Waals surface area (Å²) in [6.07, 6.45) is 6.87. The third kappa shape index (κ3) is 1.06. The van der Waals surface area contributed by atoms with Crippen LogP contribution in [0.5, 0.6) is 0 Å². The summed E-state index contributed by atoms with van der Waals surface area (Å²) in [7, 11) is 1.97. The molecular formula is C12H12N2O. The number of aldehydes is 1. The van der Waals surface area contributed by atoms with Gasteiger partial charge in [0.15, 0.2) is 0 Å². The van der Waals surface area contributed by atoms with Gasteiger partial charge in [-0.1, -0.05) is 0 Å². The highest BCUT2D eigenvalue weighted by atomic mass is 16.1. The molecule has 0 unspecified atom stereocenters. The summed E-state index contributed by atoms with van der Waals surface area (Å²) in [5.41, 5.74) is 1.89. The van der Waals surface area contributed by atoms with Crippen molar-refractivity contribution in [1.82, 2.24) is 9.55 Å². The number of aryl methyl sites for hydroxylation is 1. The number of nitrogens with zero attached hydrogens (tertiary/aromatic N) is 2. The Kier molecular flexibility index (Phi) is 1.55. The second-order valence-corrected chi connectivity index (χ2v) is 4.30. The van der Waals surface area contributed by atoms with Crippen LogP contribution in [0.4, 0.5) is 0 Å². The molecule has 15 heavy (non-hydrogen) atoms. The van der Waals surface area contributed by atoms with Crippen LogP contribution in [0.25, 0.3) is 11.0 Å². The number of carbonyl (C=O) groups excluding carboxylic acids is 1. The molecule has 2 aromatic heterocycles. The summed E-state index contributed by atoms with van der Waals surface area (Å²) >= 11 is 0. The molecule has 3 rings (SSSR count). The number of fused-ring (bicyclic) bond motifs is 1. The van der Waals surface area contributed by atoms with Gasteiger partial charge in [-0.25, -0.2) is 4.98 Å². The van der Waals surface area contributed by atoms with Gasteiger partial charge < -0.3 is 9.36 Å². The molecule has 0 spiro atoms. The monoisotopic (exact) mass is 200 g/mol. The van der Waals surface area contributed by atoms with Gasteiger partial charge in [0.1, 0.15) is 11.9 Å². The maximum atomic E-state index is 11.1. The summed E-state index contributed by atoms with van der Waals surface area (Å²) in [5.74, 6) is 0. The van der Waals surface area contributed by atoms with Crippen molar-refractivity contribution >= 4 is 17.3 Å². The second kappa shape index (κ2) is 2.69. The van der Waals surface area contributed by atoms with Crippen LogP contribution >= 0.6 is 0 Å². The number of carbonyl (C=O) groups is 1. The normalized spacial score (nSPS) is 17.9. The molecular weight excluding hydrogens is 188 g/mol. The number of rotatable bonds is 2. The summed E-state index contributed by atoms with van der Waals surface area (Å²) in [6.45, 7) is 0. The van der Waals surface area contributed by atoms with Crippen LogP contribution in [0.3, 0.4) is 0 Å². The Morgan fingerprint density at radius 1 is 1.53 bits per heavy atom. The van der Waals surface area contributed by atoms with Gasteiger partial charge in [0, 0.05) is 24.8 Å². The lowest BCUT2D eigenvalue weighted by molar-refractivity contribution is -0.109. The van der Waals surface area contributed by atoms with E-state index < -0.39 is 0 Å². The molecule has 1 saturated carbocycles. The zero-order valence-corrected chi connectivity index (χ0v) is 8.60. The Labute approximate surface area is 87.7 Å². The maximum Gasteiger partial charge on any atom is 0.139 e. The Hall–Kier alpha value is -1.64. The number of aromatic nitrogens is 2. The van der Waals surface area contributed by atoms with Crippen molar-refractivity contribution in [2.75, 3.05) is 0 Å².